The second-order valence-electron chi connectivity index (χ2n) is 6.14. The van der Waals surface area contributed by atoms with Crippen molar-refractivity contribution in [3.05, 3.63) is 69.5 Å². The van der Waals surface area contributed by atoms with E-state index in [1.165, 1.54) is 17.4 Å². The van der Waals surface area contributed by atoms with Gasteiger partial charge in [0.25, 0.3) is 0 Å². The molecule has 3 aromatic rings. The zero-order valence-corrected chi connectivity index (χ0v) is 16.6. The minimum Gasteiger partial charge on any atom is -0.298 e. The van der Waals surface area contributed by atoms with E-state index in [4.69, 9.17) is 0 Å². The predicted octanol–water partition coefficient (Wildman–Crippen LogP) is 6.69. The maximum atomic E-state index is 13.8. The van der Waals surface area contributed by atoms with Crippen molar-refractivity contribution >= 4 is 29.4 Å². The van der Waals surface area contributed by atoms with Crippen LogP contribution in [-0.2, 0) is 11.9 Å². The molecule has 0 saturated heterocycles. The molecule has 2 aromatic carbocycles. The average molecular weight is 425 g/mol. The van der Waals surface area contributed by atoms with Crippen LogP contribution >= 0.6 is 23.1 Å². The average Bonchev–Trinajstić information content (AvgIpc) is 2.99. The van der Waals surface area contributed by atoms with Gasteiger partial charge in [-0.05, 0) is 43.7 Å². The number of hydrogen-bond donors (Lipinski definition) is 0. The van der Waals surface area contributed by atoms with Crippen LogP contribution in [0.2, 0.25) is 0 Å². The highest BCUT2D eigenvalue weighted by Crippen LogP contribution is 2.36. The van der Waals surface area contributed by atoms with Crippen molar-refractivity contribution < 1.29 is 22.4 Å². The quantitative estimate of drug-likeness (QED) is 0.259. The highest BCUT2D eigenvalue weighted by molar-refractivity contribution is 7.98. The number of benzene rings is 2. The second-order valence-corrected chi connectivity index (χ2v) is 8.28. The summed E-state index contributed by atoms with van der Waals surface area (Å²) in [5, 5.41) is 0.480. The second kappa shape index (κ2) is 8.05. The van der Waals surface area contributed by atoms with Crippen molar-refractivity contribution in [2.24, 2.45) is 0 Å². The Kier molecular flexibility index (Phi) is 5.90. The van der Waals surface area contributed by atoms with Gasteiger partial charge < -0.3 is 0 Å². The third-order valence-electron chi connectivity index (χ3n) is 4.15. The fraction of sp³-hybridized carbons (Fsp3) is 0.200. The van der Waals surface area contributed by atoms with Crippen LogP contribution in [0, 0.1) is 19.7 Å². The number of halogens is 4. The molecule has 0 aliphatic carbocycles. The molecule has 0 aliphatic heterocycles. The van der Waals surface area contributed by atoms with Gasteiger partial charge in [-0.1, -0.05) is 12.1 Å². The van der Waals surface area contributed by atoms with Gasteiger partial charge in [0.1, 0.15) is 17.1 Å². The molecule has 3 rings (SSSR count). The highest BCUT2D eigenvalue weighted by Gasteiger charge is 2.34. The van der Waals surface area contributed by atoms with E-state index >= 15 is 0 Å². The molecule has 1 aromatic heterocycles. The van der Waals surface area contributed by atoms with E-state index in [-0.39, 0.29) is 0 Å². The Bertz CT molecular complexity index is 1030. The first-order valence-electron chi connectivity index (χ1n) is 8.21. The van der Waals surface area contributed by atoms with Crippen molar-refractivity contribution in [1.82, 2.24) is 4.98 Å². The first kappa shape index (κ1) is 20.5. The number of aromatic nitrogens is 1. The fourth-order valence-corrected chi connectivity index (χ4v) is 4.78. The normalized spacial score (nSPS) is 11.6. The van der Waals surface area contributed by atoms with Gasteiger partial charge in [-0.3, -0.25) is 4.79 Å². The predicted molar refractivity (Wildman–Crippen MR) is 103 cm³/mol. The highest BCUT2D eigenvalue weighted by atomic mass is 32.2. The van der Waals surface area contributed by atoms with E-state index in [0.717, 1.165) is 39.4 Å². The van der Waals surface area contributed by atoms with Crippen LogP contribution in [0.15, 0.2) is 41.3 Å². The largest absolute Gasteiger partial charge is 0.419 e. The molecule has 0 aliphatic rings. The number of carbonyl (C=O) groups excluding carboxylic acids is 1. The summed E-state index contributed by atoms with van der Waals surface area (Å²) in [7, 11) is 0. The lowest BCUT2D eigenvalue weighted by atomic mass is 10.1. The number of aldehydes is 1. The molecule has 0 amide bonds. The van der Waals surface area contributed by atoms with Crippen molar-refractivity contribution in [2.45, 2.75) is 30.7 Å². The van der Waals surface area contributed by atoms with Gasteiger partial charge in [0.05, 0.1) is 11.3 Å². The lowest BCUT2D eigenvalue weighted by Crippen LogP contribution is -2.07. The molecule has 2 nitrogen and oxygen atoms in total. The first-order valence-corrected chi connectivity index (χ1v) is 10.0. The van der Waals surface area contributed by atoms with E-state index in [2.05, 4.69) is 4.98 Å². The molecule has 1 heterocycles. The Morgan fingerprint density at radius 1 is 1.14 bits per heavy atom. The van der Waals surface area contributed by atoms with Gasteiger partial charge >= 0.3 is 6.18 Å². The van der Waals surface area contributed by atoms with Crippen molar-refractivity contribution in [3.8, 4) is 10.6 Å². The zero-order chi connectivity index (χ0) is 20.5. The van der Waals surface area contributed by atoms with Crippen LogP contribution < -0.4 is 0 Å². The van der Waals surface area contributed by atoms with Crippen LogP contribution in [0.4, 0.5) is 17.6 Å². The van der Waals surface area contributed by atoms with Crippen LogP contribution in [0.3, 0.4) is 0 Å². The zero-order valence-electron chi connectivity index (χ0n) is 14.9. The molecule has 0 radical (unpaired) electrons. The molecule has 8 heteroatoms. The molecule has 0 fully saturated rings. The van der Waals surface area contributed by atoms with E-state index in [1.807, 2.05) is 26.0 Å². The van der Waals surface area contributed by atoms with Gasteiger partial charge in [0.15, 0.2) is 0 Å². The molecule has 0 saturated carbocycles. The Balaban J connectivity index is 1.79. The standard InChI is InChI=1S/C20H15F4NOS2/c1-11-7-15(5-3-14(11)9-26)27-10-18-12(2)25-19(28-18)13-4-6-16(17(21)8-13)20(22,23)24/h3-9H,10H2,1-2H3. The number of thiazole rings is 1. The van der Waals surface area contributed by atoms with Crippen LogP contribution in [0.1, 0.15) is 32.1 Å². The minimum absolute atomic E-state index is 0.320. The number of nitrogens with zero attached hydrogens (tertiary/aromatic N) is 1. The molecule has 0 bridgehead atoms. The SMILES string of the molecule is Cc1cc(SCc2sc(-c3ccc(C(F)(F)F)c(F)c3)nc2C)ccc1C=O. The number of thioether (sulfide) groups is 1. The number of hydrogen-bond acceptors (Lipinski definition) is 4. The van der Waals surface area contributed by atoms with E-state index < -0.39 is 17.6 Å². The van der Waals surface area contributed by atoms with Gasteiger partial charge in [-0.2, -0.15) is 13.2 Å². The summed E-state index contributed by atoms with van der Waals surface area (Å²) >= 11 is 2.90. The summed E-state index contributed by atoms with van der Waals surface area (Å²) < 4.78 is 52.0. The van der Waals surface area contributed by atoms with E-state index in [1.54, 1.807) is 17.8 Å². The summed E-state index contributed by atoms with van der Waals surface area (Å²) in [6.07, 6.45) is -3.91. The van der Waals surface area contributed by atoms with Gasteiger partial charge in [0, 0.05) is 26.7 Å². The molecule has 146 valence electrons. The minimum atomic E-state index is -4.72. The lowest BCUT2D eigenvalue weighted by molar-refractivity contribution is -0.139. The lowest BCUT2D eigenvalue weighted by Gasteiger charge is -2.08. The topological polar surface area (TPSA) is 30.0 Å². The molecule has 0 unspecified atom stereocenters. The Labute approximate surface area is 167 Å². The monoisotopic (exact) mass is 425 g/mol. The maximum absolute atomic E-state index is 13.8. The molecule has 0 spiro atoms. The summed E-state index contributed by atoms with van der Waals surface area (Å²) in [5.41, 5.74) is 1.33. The van der Waals surface area contributed by atoms with Crippen molar-refractivity contribution in [1.29, 1.82) is 0 Å². The fourth-order valence-electron chi connectivity index (χ4n) is 2.58. The number of rotatable bonds is 5. The van der Waals surface area contributed by atoms with Crippen LogP contribution in [0.5, 0.6) is 0 Å². The summed E-state index contributed by atoms with van der Waals surface area (Å²) in [5.74, 6) is -0.688. The van der Waals surface area contributed by atoms with Crippen molar-refractivity contribution in [2.75, 3.05) is 0 Å². The van der Waals surface area contributed by atoms with Crippen LogP contribution in [-0.4, -0.2) is 11.3 Å². The van der Waals surface area contributed by atoms with E-state index in [9.17, 15) is 22.4 Å². The first-order chi connectivity index (χ1) is 13.2. The maximum Gasteiger partial charge on any atom is 0.419 e. The third kappa shape index (κ3) is 4.44. The molecule has 28 heavy (non-hydrogen) atoms. The van der Waals surface area contributed by atoms with Crippen molar-refractivity contribution in [3.63, 3.8) is 0 Å². The molecule has 0 N–H and O–H groups in total. The Hall–Kier alpha value is -2.19. The molecular weight excluding hydrogens is 410 g/mol. The number of aryl methyl sites for hydroxylation is 2. The number of carbonyl (C=O) groups is 1. The molecule has 0 atom stereocenters. The van der Waals surface area contributed by atoms with Gasteiger partial charge in [-0.25, -0.2) is 9.37 Å². The van der Waals surface area contributed by atoms with Gasteiger partial charge in [0.2, 0.25) is 0 Å². The molecular formula is C20H15F4NOS2. The summed E-state index contributed by atoms with van der Waals surface area (Å²) in [4.78, 5) is 17.2. The smallest absolute Gasteiger partial charge is 0.298 e. The summed E-state index contributed by atoms with van der Waals surface area (Å²) in [6, 6.07) is 8.41. The third-order valence-corrected chi connectivity index (χ3v) is 6.56. The summed E-state index contributed by atoms with van der Waals surface area (Å²) in [6.45, 7) is 3.68. The number of alkyl halides is 3. The Morgan fingerprint density at radius 2 is 1.89 bits per heavy atom. The Morgan fingerprint density at radius 3 is 2.50 bits per heavy atom. The van der Waals surface area contributed by atoms with E-state index in [0.29, 0.717) is 21.9 Å². The van der Waals surface area contributed by atoms with Gasteiger partial charge in [-0.15, -0.1) is 23.1 Å². The van der Waals surface area contributed by atoms with Crippen LogP contribution in [0.25, 0.3) is 10.6 Å².